The Morgan fingerprint density at radius 3 is 2.43 bits per heavy atom. The summed E-state index contributed by atoms with van der Waals surface area (Å²) in [7, 11) is 0. The Labute approximate surface area is 248 Å². The van der Waals surface area contributed by atoms with Crippen molar-refractivity contribution in [3.8, 4) is 0 Å². The van der Waals surface area contributed by atoms with Crippen molar-refractivity contribution in [2.75, 3.05) is 38.0 Å². The lowest BCUT2D eigenvalue weighted by Crippen LogP contribution is -2.48. The molecule has 2 N–H and O–H groups in total. The fourth-order valence-electron chi connectivity index (χ4n) is 6.59. The highest BCUT2D eigenvalue weighted by atomic mass is 16.7. The van der Waals surface area contributed by atoms with Crippen LogP contribution in [-0.2, 0) is 16.1 Å². The van der Waals surface area contributed by atoms with Crippen LogP contribution in [0.3, 0.4) is 0 Å². The molecule has 4 heterocycles. The molecule has 3 aliphatic heterocycles. The van der Waals surface area contributed by atoms with E-state index in [1.54, 1.807) is 24.5 Å². The Morgan fingerprint density at radius 2 is 1.71 bits per heavy atom. The first-order valence-corrected chi connectivity index (χ1v) is 15.4. The number of aliphatic hydroxyl groups excluding tert-OH is 1. The molecule has 0 radical (unpaired) electrons. The molecule has 5 atom stereocenters. The zero-order valence-electron chi connectivity index (χ0n) is 24.4. The van der Waals surface area contributed by atoms with Gasteiger partial charge in [0.25, 0.3) is 5.91 Å². The molecule has 0 aliphatic carbocycles. The second-order valence-corrected chi connectivity index (χ2v) is 11.9. The van der Waals surface area contributed by atoms with E-state index in [1.807, 2.05) is 36.4 Å². The van der Waals surface area contributed by atoms with Crippen LogP contribution in [0.5, 0.6) is 0 Å². The molecule has 0 saturated carbocycles. The predicted molar refractivity (Wildman–Crippen MR) is 162 cm³/mol. The molecular formula is C34H42N4O4. The van der Waals surface area contributed by atoms with E-state index in [-0.39, 0.29) is 30.6 Å². The van der Waals surface area contributed by atoms with Crippen molar-refractivity contribution in [3.05, 3.63) is 95.3 Å². The highest BCUT2D eigenvalue weighted by molar-refractivity contribution is 6.04. The van der Waals surface area contributed by atoms with Crippen LogP contribution in [0.25, 0.3) is 0 Å². The van der Waals surface area contributed by atoms with Crippen molar-refractivity contribution in [1.29, 1.82) is 0 Å². The molecule has 3 fully saturated rings. The zero-order valence-corrected chi connectivity index (χ0v) is 24.4. The van der Waals surface area contributed by atoms with Crippen LogP contribution >= 0.6 is 0 Å². The van der Waals surface area contributed by atoms with Gasteiger partial charge in [0.2, 0.25) is 0 Å². The number of pyridine rings is 1. The van der Waals surface area contributed by atoms with Gasteiger partial charge in [-0.2, -0.15) is 0 Å². The molecule has 3 aliphatic rings. The second kappa shape index (κ2) is 13.4. The molecule has 6 rings (SSSR count). The molecular weight excluding hydrogens is 528 g/mol. The minimum Gasteiger partial charge on any atom is -0.392 e. The number of amides is 1. The van der Waals surface area contributed by atoms with Crippen molar-refractivity contribution >= 4 is 11.6 Å². The van der Waals surface area contributed by atoms with Crippen LogP contribution < -0.4 is 5.32 Å². The van der Waals surface area contributed by atoms with Gasteiger partial charge in [-0.1, -0.05) is 43.3 Å². The van der Waals surface area contributed by atoms with E-state index >= 15 is 0 Å². The van der Waals surface area contributed by atoms with Crippen LogP contribution in [0.4, 0.5) is 5.69 Å². The smallest absolute Gasteiger partial charge is 0.257 e. The van der Waals surface area contributed by atoms with E-state index in [9.17, 15) is 9.90 Å². The minimum absolute atomic E-state index is 0.00425. The maximum absolute atomic E-state index is 12.6. The van der Waals surface area contributed by atoms with Crippen LogP contribution in [0.1, 0.15) is 72.0 Å². The van der Waals surface area contributed by atoms with Crippen LogP contribution in [0.15, 0.2) is 73.1 Å². The highest BCUT2D eigenvalue weighted by Crippen LogP contribution is 2.42. The zero-order chi connectivity index (χ0) is 28.9. The SMILES string of the molecule is C[C@H]1[C@@H](CN2CCC[C@H]2CN2CCCC2)O[C@@H](c2ccc(NC(=O)c3cccnc3)cc2)O[C@H]1c1ccc(CO)cc1. The molecule has 2 aromatic carbocycles. The summed E-state index contributed by atoms with van der Waals surface area (Å²) in [6.45, 7) is 7.84. The second-order valence-electron chi connectivity index (χ2n) is 11.9. The van der Waals surface area contributed by atoms with Crippen molar-refractivity contribution in [2.24, 2.45) is 5.92 Å². The monoisotopic (exact) mass is 570 g/mol. The summed E-state index contributed by atoms with van der Waals surface area (Å²) in [5, 5.41) is 12.5. The first kappa shape index (κ1) is 29.0. The van der Waals surface area contributed by atoms with Gasteiger partial charge < -0.3 is 24.8 Å². The van der Waals surface area contributed by atoms with Gasteiger partial charge in [-0.3, -0.25) is 14.7 Å². The topological polar surface area (TPSA) is 87.2 Å². The Morgan fingerprint density at radius 1 is 0.952 bits per heavy atom. The Balaban J connectivity index is 1.19. The van der Waals surface area contributed by atoms with Gasteiger partial charge in [0.1, 0.15) is 0 Å². The van der Waals surface area contributed by atoms with Crippen molar-refractivity contribution < 1.29 is 19.4 Å². The number of likely N-dealkylation sites (tertiary alicyclic amines) is 2. The van der Waals surface area contributed by atoms with Crippen LogP contribution in [0, 0.1) is 5.92 Å². The third-order valence-electron chi connectivity index (χ3n) is 9.07. The number of aliphatic hydroxyl groups is 1. The summed E-state index contributed by atoms with van der Waals surface area (Å²) in [5.41, 5.74) is 4.10. The number of carbonyl (C=O) groups excluding carboxylic acids is 1. The highest BCUT2D eigenvalue weighted by Gasteiger charge is 2.40. The van der Waals surface area contributed by atoms with E-state index in [4.69, 9.17) is 9.47 Å². The van der Waals surface area contributed by atoms with Gasteiger partial charge in [-0.25, -0.2) is 0 Å². The fraction of sp³-hybridized carbons (Fsp3) is 0.471. The predicted octanol–water partition coefficient (Wildman–Crippen LogP) is 5.18. The largest absolute Gasteiger partial charge is 0.392 e. The summed E-state index contributed by atoms with van der Waals surface area (Å²) in [4.78, 5) is 21.9. The Bertz CT molecular complexity index is 1300. The maximum atomic E-state index is 12.6. The lowest BCUT2D eigenvalue weighted by Gasteiger charge is -2.43. The molecule has 0 bridgehead atoms. The average molecular weight is 571 g/mol. The molecule has 42 heavy (non-hydrogen) atoms. The van der Waals surface area contributed by atoms with E-state index in [1.165, 1.54) is 38.8 Å². The van der Waals surface area contributed by atoms with Crippen molar-refractivity contribution in [1.82, 2.24) is 14.8 Å². The summed E-state index contributed by atoms with van der Waals surface area (Å²) < 4.78 is 13.4. The first-order chi connectivity index (χ1) is 20.6. The van der Waals surface area contributed by atoms with Gasteiger partial charge in [-0.05, 0) is 80.7 Å². The molecule has 3 saturated heterocycles. The molecule has 8 nitrogen and oxygen atoms in total. The lowest BCUT2D eigenvalue weighted by molar-refractivity contribution is -0.276. The number of hydrogen-bond acceptors (Lipinski definition) is 7. The number of rotatable bonds is 9. The van der Waals surface area contributed by atoms with E-state index in [0.29, 0.717) is 17.3 Å². The Kier molecular flexibility index (Phi) is 9.27. The van der Waals surface area contributed by atoms with Gasteiger partial charge in [0.15, 0.2) is 6.29 Å². The summed E-state index contributed by atoms with van der Waals surface area (Å²) >= 11 is 0. The summed E-state index contributed by atoms with van der Waals surface area (Å²) in [6.07, 6.45) is 7.63. The standard InChI is InChI=1S/C34H42N4O4/c1-24-31(22-38-19-5-7-30(38)21-37-17-2-3-18-37)41-34(42-32(24)26-10-8-25(23-39)9-11-26)27-12-14-29(15-13-27)36-33(40)28-6-4-16-35-20-28/h4,6,8-16,20,24,30-32,34,39H,2-3,5,7,17-19,21-23H2,1H3,(H,36,40)/t24-,30-,31+,32+,34+/m0/s1. The van der Waals surface area contributed by atoms with Crippen molar-refractivity contribution in [2.45, 2.75) is 63.8 Å². The number of hydrogen-bond donors (Lipinski definition) is 2. The number of aromatic nitrogens is 1. The molecule has 1 aromatic heterocycles. The third kappa shape index (κ3) is 6.74. The van der Waals surface area contributed by atoms with E-state index in [0.717, 1.165) is 36.3 Å². The number of nitrogens with zero attached hydrogens (tertiary/aromatic N) is 3. The van der Waals surface area contributed by atoms with Crippen molar-refractivity contribution in [3.63, 3.8) is 0 Å². The molecule has 222 valence electrons. The molecule has 0 spiro atoms. The summed E-state index contributed by atoms with van der Waals surface area (Å²) in [5.74, 6) is -0.0531. The third-order valence-corrected chi connectivity index (χ3v) is 9.07. The number of anilines is 1. The summed E-state index contributed by atoms with van der Waals surface area (Å²) in [6, 6.07) is 19.8. The van der Waals surface area contributed by atoms with Gasteiger partial charge in [0, 0.05) is 48.7 Å². The van der Waals surface area contributed by atoms with Gasteiger partial charge in [0.05, 0.1) is 24.4 Å². The minimum atomic E-state index is -0.531. The fourth-order valence-corrected chi connectivity index (χ4v) is 6.59. The first-order valence-electron chi connectivity index (χ1n) is 15.4. The molecule has 0 unspecified atom stereocenters. The van der Waals surface area contributed by atoms with Gasteiger partial charge >= 0.3 is 0 Å². The number of benzene rings is 2. The normalized spacial score (nSPS) is 26.9. The molecule has 3 aromatic rings. The number of nitrogens with one attached hydrogen (secondary N) is 1. The Hall–Kier alpha value is -3.14. The number of carbonyl (C=O) groups is 1. The number of ether oxygens (including phenoxy) is 2. The molecule has 1 amide bonds. The lowest BCUT2D eigenvalue weighted by atomic mass is 9.90. The van der Waals surface area contributed by atoms with Crippen LogP contribution in [-0.4, -0.2) is 70.7 Å². The van der Waals surface area contributed by atoms with Gasteiger partial charge in [-0.15, -0.1) is 0 Å². The van der Waals surface area contributed by atoms with E-state index < -0.39 is 6.29 Å². The van der Waals surface area contributed by atoms with Crippen LogP contribution in [0.2, 0.25) is 0 Å². The van der Waals surface area contributed by atoms with E-state index in [2.05, 4.69) is 39.2 Å². The molecule has 8 heteroatoms. The quantitative estimate of drug-likeness (QED) is 0.367. The average Bonchev–Trinajstić information content (AvgIpc) is 3.71. The maximum Gasteiger partial charge on any atom is 0.257 e.